The first-order valence-electron chi connectivity index (χ1n) is 9.08. The first kappa shape index (κ1) is 18.3. The van der Waals surface area contributed by atoms with E-state index in [1.165, 1.54) is 4.90 Å². The van der Waals surface area contributed by atoms with Crippen molar-refractivity contribution in [3.63, 3.8) is 0 Å². The van der Waals surface area contributed by atoms with Gasteiger partial charge in [0.1, 0.15) is 12.3 Å². The second kappa shape index (κ2) is 7.86. The van der Waals surface area contributed by atoms with Crippen molar-refractivity contribution in [2.75, 3.05) is 11.4 Å². The van der Waals surface area contributed by atoms with Crippen LogP contribution in [-0.2, 0) is 9.59 Å². The summed E-state index contributed by atoms with van der Waals surface area (Å²) >= 11 is 1.59. The summed E-state index contributed by atoms with van der Waals surface area (Å²) in [6.07, 6.45) is -0.620. The molecule has 28 heavy (non-hydrogen) atoms. The number of carbonyl (C=O) groups is 2. The number of para-hydroxylation sites is 2. The normalized spacial score (nSPS) is 16.8. The summed E-state index contributed by atoms with van der Waals surface area (Å²) in [5.41, 5.74) is 1.62. The second-order valence-corrected chi connectivity index (χ2v) is 7.56. The molecular weight excluding hydrogens is 372 g/mol. The van der Waals surface area contributed by atoms with E-state index in [4.69, 9.17) is 4.74 Å². The van der Waals surface area contributed by atoms with E-state index in [1.807, 2.05) is 66.0 Å². The van der Waals surface area contributed by atoms with Crippen molar-refractivity contribution in [2.24, 2.45) is 0 Å². The Morgan fingerprint density at radius 2 is 1.86 bits per heavy atom. The van der Waals surface area contributed by atoms with Gasteiger partial charge in [-0.05, 0) is 36.1 Å². The SMILES string of the molecule is CC1Oc2ccccc2N(CC(=O)NC(c2ccccc2)c2cccs2)C1=O. The van der Waals surface area contributed by atoms with E-state index in [0.29, 0.717) is 11.4 Å². The third kappa shape index (κ3) is 3.64. The van der Waals surface area contributed by atoms with Gasteiger partial charge in [0.2, 0.25) is 5.91 Å². The molecule has 0 radical (unpaired) electrons. The molecule has 142 valence electrons. The van der Waals surface area contributed by atoms with Crippen molar-refractivity contribution in [3.05, 3.63) is 82.6 Å². The van der Waals surface area contributed by atoms with Gasteiger partial charge in [-0.15, -0.1) is 11.3 Å². The van der Waals surface area contributed by atoms with Crippen LogP contribution in [-0.4, -0.2) is 24.5 Å². The summed E-state index contributed by atoms with van der Waals surface area (Å²) in [5, 5.41) is 5.07. The Kier molecular flexibility index (Phi) is 5.12. The number of hydrogen-bond donors (Lipinski definition) is 1. The molecule has 0 saturated heterocycles. The zero-order valence-corrected chi connectivity index (χ0v) is 16.2. The third-order valence-corrected chi connectivity index (χ3v) is 5.58. The number of anilines is 1. The van der Waals surface area contributed by atoms with Crippen molar-refractivity contribution >= 4 is 28.8 Å². The number of amides is 2. The van der Waals surface area contributed by atoms with Crippen molar-refractivity contribution in [3.8, 4) is 5.75 Å². The highest BCUT2D eigenvalue weighted by Crippen LogP contribution is 2.33. The fraction of sp³-hybridized carbons (Fsp3) is 0.182. The van der Waals surface area contributed by atoms with Crippen molar-refractivity contribution in [2.45, 2.75) is 19.1 Å². The van der Waals surface area contributed by atoms with Gasteiger partial charge in [-0.25, -0.2) is 0 Å². The van der Waals surface area contributed by atoms with Gasteiger partial charge in [-0.2, -0.15) is 0 Å². The summed E-state index contributed by atoms with van der Waals surface area (Å²) in [4.78, 5) is 28.1. The summed E-state index contributed by atoms with van der Waals surface area (Å²) in [6, 6.07) is 20.8. The largest absolute Gasteiger partial charge is 0.479 e. The zero-order chi connectivity index (χ0) is 19.5. The highest BCUT2D eigenvalue weighted by Gasteiger charge is 2.33. The molecule has 2 heterocycles. The molecule has 1 aliphatic heterocycles. The Morgan fingerprint density at radius 3 is 2.61 bits per heavy atom. The summed E-state index contributed by atoms with van der Waals surface area (Å²) in [6.45, 7) is 1.64. The lowest BCUT2D eigenvalue weighted by molar-refractivity contribution is -0.128. The molecule has 1 aliphatic rings. The van der Waals surface area contributed by atoms with Crippen LogP contribution in [0.1, 0.15) is 23.4 Å². The molecule has 1 N–H and O–H groups in total. The average molecular weight is 392 g/mol. The monoisotopic (exact) mass is 392 g/mol. The lowest BCUT2D eigenvalue weighted by Gasteiger charge is -2.32. The lowest BCUT2D eigenvalue weighted by atomic mass is 10.1. The average Bonchev–Trinajstić information content (AvgIpc) is 3.25. The van der Waals surface area contributed by atoms with Crippen molar-refractivity contribution < 1.29 is 14.3 Å². The van der Waals surface area contributed by atoms with Gasteiger partial charge in [-0.3, -0.25) is 14.5 Å². The minimum absolute atomic E-state index is 0.0573. The van der Waals surface area contributed by atoms with Gasteiger partial charge in [0.05, 0.1) is 11.7 Å². The van der Waals surface area contributed by atoms with Gasteiger partial charge in [0, 0.05) is 4.88 Å². The second-order valence-electron chi connectivity index (χ2n) is 6.58. The molecule has 2 atom stereocenters. The summed E-state index contributed by atoms with van der Waals surface area (Å²) in [7, 11) is 0. The number of fused-ring (bicyclic) bond motifs is 1. The van der Waals surface area contributed by atoms with Crippen LogP contribution in [0.15, 0.2) is 72.1 Å². The summed E-state index contributed by atoms with van der Waals surface area (Å²) < 4.78 is 5.64. The van der Waals surface area contributed by atoms with E-state index >= 15 is 0 Å². The number of rotatable bonds is 5. The first-order valence-corrected chi connectivity index (χ1v) is 9.96. The Labute approximate surface area is 167 Å². The van der Waals surface area contributed by atoms with Gasteiger partial charge >= 0.3 is 0 Å². The van der Waals surface area contributed by atoms with Crippen LogP contribution in [0.2, 0.25) is 0 Å². The Balaban J connectivity index is 1.57. The number of hydrogen-bond acceptors (Lipinski definition) is 4. The van der Waals surface area contributed by atoms with Crippen LogP contribution in [0.4, 0.5) is 5.69 Å². The highest BCUT2D eigenvalue weighted by molar-refractivity contribution is 7.10. The predicted octanol–water partition coefficient (Wildman–Crippen LogP) is 3.77. The molecule has 2 unspecified atom stereocenters. The number of nitrogens with zero attached hydrogens (tertiary/aromatic N) is 1. The predicted molar refractivity (Wildman–Crippen MR) is 110 cm³/mol. The van der Waals surface area contributed by atoms with Gasteiger partial charge in [-0.1, -0.05) is 48.5 Å². The van der Waals surface area contributed by atoms with Gasteiger partial charge in [0.25, 0.3) is 5.91 Å². The molecule has 5 nitrogen and oxygen atoms in total. The maximum absolute atomic E-state index is 12.9. The van der Waals surface area contributed by atoms with Crippen LogP contribution in [0.25, 0.3) is 0 Å². The fourth-order valence-corrected chi connectivity index (χ4v) is 4.09. The third-order valence-electron chi connectivity index (χ3n) is 4.64. The van der Waals surface area contributed by atoms with Crippen LogP contribution in [0, 0.1) is 0 Å². The molecule has 1 aromatic heterocycles. The van der Waals surface area contributed by atoms with E-state index in [2.05, 4.69) is 5.32 Å². The quantitative estimate of drug-likeness (QED) is 0.719. The molecule has 2 amide bonds. The van der Waals surface area contributed by atoms with Crippen LogP contribution < -0.4 is 15.0 Å². The Bertz CT molecular complexity index is 972. The molecule has 0 saturated carbocycles. The molecular formula is C22H20N2O3S. The minimum Gasteiger partial charge on any atom is -0.479 e. The van der Waals surface area contributed by atoms with E-state index in [0.717, 1.165) is 10.4 Å². The molecule has 2 aromatic carbocycles. The number of ether oxygens (including phenoxy) is 1. The maximum atomic E-state index is 12.9. The molecule has 0 aliphatic carbocycles. The molecule has 6 heteroatoms. The Hall–Kier alpha value is -3.12. The molecule has 0 spiro atoms. The van der Waals surface area contributed by atoms with Gasteiger partial charge < -0.3 is 10.1 Å². The fourth-order valence-electron chi connectivity index (χ4n) is 3.29. The highest BCUT2D eigenvalue weighted by atomic mass is 32.1. The van der Waals surface area contributed by atoms with Crippen molar-refractivity contribution in [1.82, 2.24) is 5.32 Å². The number of thiophene rings is 1. The van der Waals surface area contributed by atoms with Crippen LogP contribution in [0.3, 0.4) is 0 Å². The first-order chi connectivity index (χ1) is 13.6. The standard InChI is InChI=1S/C22H20N2O3S/c1-15-22(26)24(17-10-5-6-11-18(17)27-15)14-20(25)23-21(19-12-7-13-28-19)16-8-3-2-4-9-16/h2-13,15,21H,14H2,1H3,(H,23,25). The van der Waals surface area contributed by atoms with Crippen molar-refractivity contribution in [1.29, 1.82) is 0 Å². The minimum atomic E-state index is -0.620. The zero-order valence-electron chi connectivity index (χ0n) is 15.4. The van der Waals surface area contributed by atoms with Crippen LogP contribution in [0.5, 0.6) is 5.75 Å². The lowest BCUT2D eigenvalue weighted by Crippen LogP contribution is -2.49. The van der Waals surface area contributed by atoms with E-state index < -0.39 is 6.10 Å². The number of nitrogens with one attached hydrogen (secondary N) is 1. The van der Waals surface area contributed by atoms with Gasteiger partial charge in [0.15, 0.2) is 6.10 Å². The van der Waals surface area contributed by atoms with Crippen LogP contribution >= 0.6 is 11.3 Å². The smallest absolute Gasteiger partial charge is 0.268 e. The van der Waals surface area contributed by atoms with E-state index in [-0.39, 0.29) is 24.4 Å². The Morgan fingerprint density at radius 1 is 1.11 bits per heavy atom. The maximum Gasteiger partial charge on any atom is 0.268 e. The molecule has 4 rings (SSSR count). The van der Waals surface area contributed by atoms with E-state index in [9.17, 15) is 9.59 Å². The topological polar surface area (TPSA) is 58.6 Å². The number of carbonyl (C=O) groups excluding carboxylic acids is 2. The van der Waals surface area contributed by atoms with E-state index in [1.54, 1.807) is 24.3 Å². The molecule has 3 aromatic rings. The molecule has 0 fully saturated rings. The summed E-state index contributed by atoms with van der Waals surface area (Å²) in [5.74, 6) is 0.168. The number of benzene rings is 2. The molecule has 0 bridgehead atoms.